The van der Waals surface area contributed by atoms with Gasteiger partial charge in [-0.3, -0.25) is 0 Å². The number of rotatable bonds is 1. The third kappa shape index (κ3) is 10.1. The van der Waals surface area contributed by atoms with E-state index >= 15 is 0 Å². The Kier molecular flexibility index (Phi) is 12.7. The molecule has 0 saturated heterocycles. The third-order valence-corrected chi connectivity index (χ3v) is 0.715. The molecule has 1 heteroatoms. The van der Waals surface area contributed by atoms with Crippen molar-refractivity contribution in [2.75, 3.05) is 0 Å². The minimum Gasteiger partial charge on any atom is -0.193 e. The smallest absolute Gasteiger partial charge is 0.0944 e. The van der Waals surface area contributed by atoms with Crippen LogP contribution >= 0.6 is 0 Å². The van der Waals surface area contributed by atoms with E-state index in [9.17, 15) is 0 Å². The molecule has 0 aromatic rings. The minimum atomic E-state index is 0.739. The second-order valence-corrected chi connectivity index (χ2v) is 1.49. The lowest BCUT2D eigenvalue weighted by atomic mass is 10.3. The Morgan fingerprint density at radius 3 is 2.20 bits per heavy atom. The molecule has 0 amide bonds. The number of nitriles is 1. The van der Waals surface area contributed by atoms with Crippen molar-refractivity contribution in [1.29, 1.82) is 5.26 Å². The van der Waals surface area contributed by atoms with Crippen LogP contribution in [0, 0.1) is 11.3 Å². The quantitative estimate of drug-likeness (QED) is 0.402. The summed E-state index contributed by atoms with van der Waals surface area (Å²) < 4.78 is 0. The van der Waals surface area contributed by atoms with Crippen molar-refractivity contribution in [3.63, 3.8) is 0 Å². The molecule has 0 heterocycles. The van der Waals surface area contributed by atoms with Gasteiger partial charge in [0.1, 0.15) is 0 Å². The molecule has 0 aliphatic heterocycles. The van der Waals surface area contributed by atoms with E-state index in [0.717, 1.165) is 5.57 Å². The fraction of sp³-hybridized carbons (Fsp3) is 0.444. The van der Waals surface area contributed by atoms with Gasteiger partial charge in [-0.15, -0.1) is 0 Å². The summed E-state index contributed by atoms with van der Waals surface area (Å²) in [4.78, 5) is 0. The summed E-state index contributed by atoms with van der Waals surface area (Å²) in [6.45, 7) is 7.70. The number of hydrogen-bond acceptors (Lipinski definition) is 1. The van der Waals surface area contributed by atoms with Crippen molar-refractivity contribution in [2.45, 2.75) is 27.7 Å². The van der Waals surface area contributed by atoms with E-state index in [0.29, 0.717) is 0 Å². The van der Waals surface area contributed by atoms with E-state index in [1.165, 1.54) is 0 Å². The lowest BCUT2D eigenvalue weighted by Gasteiger charge is -1.74. The molecule has 10 heavy (non-hydrogen) atoms. The van der Waals surface area contributed by atoms with Crippen LogP contribution in [-0.2, 0) is 0 Å². The van der Waals surface area contributed by atoms with E-state index in [1.807, 2.05) is 39.0 Å². The molecule has 1 nitrogen and oxygen atoms in total. The predicted octanol–water partition coefficient (Wildman–Crippen LogP) is 3.06. The molecule has 0 aliphatic carbocycles. The number of allylic oxidation sites excluding steroid dienone is 4. The molecule has 0 bridgehead atoms. The van der Waals surface area contributed by atoms with Crippen molar-refractivity contribution in [3.8, 4) is 6.07 Å². The normalized spacial score (nSPS) is 10.1. The van der Waals surface area contributed by atoms with Gasteiger partial charge < -0.3 is 0 Å². The summed E-state index contributed by atoms with van der Waals surface area (Å²) in [5.74, 6) is 0. The highest BCUT2D eigenvalue weighted by Gasteiger charge is 1.74. The van der Waals surface area contributed by atoms with Crippen molar-refractivity contribution in [1.82, 2.24) is 0 Å². The molecule has 0 aromatic heterocycles. The Hall–Kier alpha value is -1.03. The van der Waals surface area contributed by atoms with E-state index in [2.05, 4.69) is 0 Å². The molecule has 0 unspecified atom stereocenters. The van der Waals surface area contributed by atoms with Gasteiger partial charge >= 0.3 is 0 Å². The monoisotopic (exact) mass is 137 g/mol. The zero-order chi connectivity index (χ0) is 8.41. The van der Waals surface area contributed by atoms with E-state index in [4.69, 9.17) is 5.26 Å². The molecular formula is C9H15N. The lowest BCUT2D eigenvalue weighted by Crippen LogP contribution is -1.61. The summed E-state index contributed by atoms with van der Waals surface area (Å²) in [6.07, 6.45) is 5.51. The molecule has 56 valence electrons. The molecule has 0 spiro atoms. The van der Waals surface area contributed by atoms with Crippen LogP contribution in [0.4, 0.5) is 0 Å². The van der Waals surface area contributed by atoms with Crippen LogP contribution in [0.25, 0.3) is 0 Å². The van der Waals surface area contributed by atoms with Gasteiger partial charge in [-0.05, 0) is 19.9 Å². The Labute approximate surface area is 63.7 Å². The zero-order valence-corrected chi connectivity index (χ0v) is 7.18. The predicted molar refractivity (Wildman–Crippen MR) is 45.5 cm³/mol. The fourth-order valence-electron chi connectivity index (χ4n) is 0.278. The van der Waals surface area contributed by atoms with E-state index in [1.54, 1.807) is 13.0 Å². The van der Waals surface area contributed by atoms with E-state index < -0.39 is 0 Å². The van der Waals surface area contributed by atoms with Crippen LogP contribution in [0.2, 0.25) is 0 Å². The topological polar surface area (TPSA) is 23.8 Å². The molecule has 0 saturated carbocycles. The summed E-state index contributed by atoms with van der Waals surface area (Å²) >= 11 is 0. The van der Waals surface area contributed by atoms with Crippen molar-refractivity contribution in [2.24, 2.45) is 0 Å². The van der Waals surface area contributed by atoms with Gasteiger partial charge in [0.15, 0.2) is 0 Å². The van der Waals surface area contributed by atoms with Crippen LogP contribution in [0.1, 0.15) is 27.7 Å². The summed E-state index contributed by atoms with van der Waals surface area (Å²) in [7, 11) is 0. The highest BCUT2D eigenvalue weighted by Crippen LogP contribution is 1.87. The van der Waals surface area contributed by atoms with Gasteiger partial charge in [-0.2, -0.15) is 5.26 Å². The maximum absolute atomic E-state index is 8.21. The standard InChI is InChI=1S/C7H9N.C2H6/c1-3-4-5-7(2)6-8;1-2/h3-5H,1-2H3;1-2H3/b4-3-,7-5+;. The van der Waals surface area contributed by atoms with Gasteiger partial charge in [0, 0.05) is 5.57 Å². The SMILES string of the molecule is C/C=C\C=C(/C)C#N.CC. The third-order valence-electron chi connectivity index (χ3n) is 0.715. The lowest BCUT2D eigenvalue weighted by molar-refractivity contribution is 1.44. The van der Waals surface area contributed by atoms with Gasteiger partial charge in [-0.1, -0.05) is 26.0 Å². The maximum atomic E-state index is 8.21. The first-order chi connectivity index (χ1) is 4.81. The zero-order valence-electron chi connectivity index (χ0n) is 7.18. The second-order valence-electron chi connectivity index (χ2n) is 1.49. The van der Waals surface area contributed by atoms with Crippen LogP contribution in [-0.4, -0.2) is 0 Å². The Balaban J connectivity index is 0. The molecule has 0 aliphatic rings. The molecular weight excluding hydrogens is 122 g/mol. The molecule has 0 radical (unpaired) electrons. The first-order valence-electron chi connectivity index (χ1n) is 3.51. The van der Waals surface area contributed by atoms with Gasteiger partial charge in [0.2, 0.25) is 0 Å². The highest BCUT2D eigenvalue weighted by atomic mass is 14.2. The van der Waals surface area contributed by atoms with Gasteiger partial charge in [0.05, 0.1) is 6.07 Å². The largest absolute Gasteiger partial charge is 0.193 e. The highest BCUT2D eigenvalue weighted by molar-refractivity contribution is 5.22. The average molecular weight is 137 g/mol. The Morgan fingerprint density at radius 2 is 1.90 bits per heavy atom. The van der Waals surface area contributed by atoms with Crippen molar-refractivity contribution in [3.05, 3.63) is 23.8 Å². The second kappa shape index (κ2) is 10.9. The summed E-state index contributed by atoms with van der Waals surface area (Å²) in [6, 6.07) is 2.01. The molecule has 0 atom stereocenters. The molecule has 0 fully saturated rings. The Morgan fingerprint density at radius 1 is 1.40 bits per heavy atom. The first-order valence-corrected chi connectivity index (χ1v) is 3.51. The maximum Gasteiger partial charge on any atom is 0.0944 e. The summed E-state index contributed by atoms with van der Waals surface area (Å²) in [5, 5.41) is 8.21. The van der Waals surface area contributed by atoms with Crippen molar-refractivity contribution < 1.29 is 0 Å². The van der Waals surface area contributed by atoms with Crippen LogP contribution in [0.15, 0.2) is 23.8 Å². The van der Waals surface area contributed by atoms with Crippen LogP contribution in [0.5, 0.6) is 0 Å². The number of nitrogens with zero attached hydrogens (tertiary/aromatic N) is 1. The molecule has 0 rings (SSSR count). The minimum absolute atomic E-state index is 0.739. The van der Waals surface area contributed by atoms with Crippen LogP contribution < -0.4 is 0 Å². The van der Waals surface area contributed by atoms with Crippen LogP contribution in [0.3, 0.4) is 0 Å². The average Bonchev–Trinajstić information content (AvgIpc) is 2.04. The van der Waals surface area contributed by atoms with E-state index in [-0.39, 0.29) is 0 Å². The summed E-state index contributed by atoms with van der Waals surface area (Å²) in [5.41, 5.74) is 0.739. The van der Waals surface area contributed by atoms with Crippen molar-refractivity contribution >= 4 is 0 Å². The Bertz CT molecular complexity index is 147. The fourth-order valence-corrected chi connectivity index (χ4v) is 0.278. The van der Waals surface area contributed by atoms with Gasteiger partial charge in [0.25, 0.3) is 0 Å². The number of hydrogen-bond donors (Lipinski definition) is 0. The van der Waals surface area contributed by atoms with Gasteiger partial charge in [-0.25, -0.2) is 0 Å². The first kappa shape index (κ1) is 11.7. The molecule has 0 N–H and O–H groups in total. The molecule has 0 aromatic carbocycles.